The van der Waals surface area contributed by atoms with E-state index in [9.17, 15) is 14.8 Å². The molecule has 1 aliphatic carbocycles. The molecule has 1 saturated carbocycles. The van der Waals surface area contributed by atoms with Crippen LogP contribution in [0, 0.1) is 0 Å². The summed E-state index contributed by atoms with van der Waals surface area (Å²) < 4.78 is 22.5. The fourth-order valence-corrected chi connectivity index (χ4v) is 4.15. The lowest BCUT2D eigenvalue weighted by atomic mass is 10.2. The molecule has 5 N–H and O–H groups in total. The third kappa shape index (κ3) is 4.41. The summed E-state index contributed by atoms with van der Waals surface area (Å²) in [5, 5.41) is 29.3. The number of anilines is 1. The SMILES string of the molecule is O=P(O)(O)COC=C1O[C@@H](n2ncc3c(NC4CCCC4)cc(Cl)nc32)[C@H](O)[C@@H]1O. The van der Waals surface area contributed by atoms with Crippen LogP contribution in [0.25, 0.3) is 11.0 Å². The lowest BCUT2D eigenvalue weighted by molar-refractivity contribution is -0.0186. The molecule has 0 bridgehead atoms. The average molecular weight is 461 g/mol. The zero-order valence-corrected chi connectivity index (χ0v) is 17.4. The Hall–Kier alpha value is -1.88. The molecule has 2 aromatic heterocycles. The number of hydrogen-bond donors (Lipinski definition) is 5. The summed E-state index contributed by atoms with van der Waals surface area (Å²) in [6.07, 6.45) is 2.00. The van der Waals surface area contributed by atoms with Crippen molar-refractivity contribution >= 4 is 35.9 Å². The molecule has 13 heteroatoms. The minimum absolute atomic E-state index is 0.184. The number of aliphatic hydroxyl groups is 2. The van der Waals surface area contributed by atoms with Gasteiger partial charge in [-0.3, -0.25) is 4.57 Å². The summed E-state index contributed by atoms with van der Waals surface area (Å²) in [4.78, 5) is 22.0. The van der Waals surface area contributed by atoms with E-state index < -0.39 is 32.4 Å². The minimum Gasteiger partial charge on any atom is -0.485 e. The molecule has 0 radical (unpaired) electrons. The topological polar surface area (TPSA) is 159 Å². The van der Waals surface area contributed by atoms with Gasteiger partial charge < -0.3 is 34.8 Å². The molecule has 2 fully saturated rings. The molecule has 3 heterocycles. The van der Waals surface area contributed by atoms with Gasteiger partial charge >= 0.3 is 7.60 Å². The van der Waals surface area contributed by atoms with E-state index in [1.165, 1.54) is 4.68 Å². The molecular weight excluding hydrogens is 439 g/mol. The molecule has 11 nitrogen and oxygen atoms in total. The maximum absolute atomic E-state index is 10.9. The number of rotatable bonds is 6. The van der Waals surface area contributed by atoms with Crippen molar-refractivity contribution in [2.45, 2.75) is 50.2 Å². The summed E-state index contributed by atoms with van der Waals surface area (Å²) >= 11 is 6.20. The first-order chi connectivity index (χ1) is 14.2. The molecule has 164 valence electrons. The minimum atomic E-state index is -4.39. The summed E-state index contributed by atoms with van der Waals surface area (Å²) in [6.45, 7) is 0. The number of hydrogen-bond acceptors (Lipinski definition) is 8. The van der Waals surface area contributed by atoms with E-state index in [0.717, 1.165) is 37.6 Å². The lowest BCUT2D eigenvalue weighted by Gasteiger charge is -2.17. The maximum atomic E-state index is 10.9. The Balaban J connectivity index is 1.60. The summed E-state index contributed by atoms with van der Waals surface area (Å²) in [7, 11) is -4.39. The second kappa shape index (κ2) is 8.33. The first-order valence-electron chi connectivity index (χ1n) is 9.42. The highest BCUT2D eigenvalue weighted by Gasteiger charge is 2.42. The van der Waals surface area contributed by atoms with Gasteiger partial charge in [0.2, 0.25) is 6.23 Å². The van der Waals surface area contributed by atoms with E-state index in [0.29, 0.717) is 17.1 Å². The highest BCUT2D eigenvalue weighted by Crippen LogP contribution is 2.37. The third-order valence-corrected chi connectivity index (χ3v) is 5.78. The van der Waals surface area contributed by atoms with Crippen LogP contribution in [0.15, 0.2) is 24.3 Å². The van der Waals surface area contributed by atoms with Gasteiger partial charge in [0.1, 0.15) is 23.6 Å². The number of pyridine rings is 1. The van der Waals surface area contributed by atoms with E-state index in [1.54, 1.807) is 12.3 Å². The van der Waals surface area contributed by atoms with Crippen LogP contribution in [0.3, 0.4) is 0 Å². The Morgan fingerprint density at radius 1 is 1.37 bits per heavy atom. The van der Waals surface area contributed by atoms with Crippen LogP contribution < -0.4 is 5.32 Å². The predicted molar refractivity (Wildman–Crippen MR) is 107 cm³/mol. The van der Waals surface area contributed by atoms with Gasteiger partial charge in [0.25, 0.3) is 0 Å². The van der Waals surface area contributed by atoms with Crippen molar-refractivity contribution in [2.24, 2.45) is 0 Å². The Morgan fingerprint density at radius 2 is 2.10 bits per heavy atom. The van der Waals surface area contributed by atoms with E-state index in [-0.39, 0.29) is 10.9 Å². The molecule has 1 aliphatic heterocycles. The number of aromatic nitrogens is 3. The smallest absolute Gasteiger partial charge is 0.362 e. The maximum Gasteiger partial charge on any atom is 0.362 e. The molecule has 3 atom stereocenters. The van der Waals surface area contributed by atoms with E-state index in [2.05, 4.69) is 15.4 Å². The van der Waals surface area contributed by atoms with Crippen LogP contribution in [0.4, 0.5) is 5.69 Å². The summed E-state index contributed by atoms with van der Waals surface area (Å²) in [5.74, 6) is -0.184. The van der Waals surface area contributed by atoms with Crippen molar-refractivity contribution in [3.63, 3.8) is 0 Å². The Bertz CT molecular complexity index is 1000. The first kappa shape index (κ1) is 21.4. The second-order valence-corrected chi connectivity index (χ2v) is 9.34. The molecule has 0 amide bonds. The molecule has 30 heavy (non-hydrogen) atoms. The van der Waals surface area contributed by atoms with Crippen LogP contribution in [0.5, 0.6) is 0 Å². The molecule has 2 aliphatic rings. The van der Waals surface area contributed by atoms with Crippen molar-refractivity contribution in [1.82, 2.24) is 14.8 Å². The van der Waals surface area contributed by atoms with Crippen LogP contribution in [-0.4, -0.2) is 59.4 Å². The van der Waals surface area contributed by atoms with Gasteiger partial charge in [0.15, 0.2) is 17.8 Å². The fraction of sp³-hybridized carbons (Fsp3) is 0.529. The van der Waals surface area contributed by atoms with Crippen molar-refractivity contribution < 1.29 is 34.0 Å². The zero-order chi connectivity index (χ0) is 21.5. The van der Waals surface area contributed by atoms with Crippen molar-refractivity contribution in [3.05, 3.63) is 29.4 Å². The molecular formula is C17H22ClN4O7P. The molecule has 0 aromatic carbocycles. The third-order valence-electron chi connectivity index (χ3n) is 5.10. The van der Waals surface area contributed by atoms with Gasteiger partial charge in [-0.15, -0.1) is 0 Å². The average Bonchev–Trinajstić information content (AvgIpc) is 3.37. The van der Waals surface area contributed by atoms with E-state index in [4.69, 9.17) is 30.9 Å². The van der Waals surface area contributed by atoms with E-state index in [1.807, 2.05) is 0 Å². The molecule has 4 rings (SSSR count). The van der Waals surface area contributed by atoms with Crippen LogP contribution in [0.1, 0.15) is 31.9 Å². The molecule has 0 spiro atoms. The van der Waals surface area contributed by atoms with Gasteiger partial charge in [-0.1, -0.05) is 24.4 Å². The van der Waals surface area contributed by atoms with Gasteiger partial charge in [-0.25, -0.2) is 9.67 Å². The molecule has 2 aromatic rings. The number of nitrogens with one attached hydrogen (secondary N) is 1. The van der Waals surface area contributed by atoms with Crippen LogP contribution in [-0.2, 0) is 14.0 Å². The largest absolute Gasteiger partial charge is 0.485 e. The quantitative estimate of drug-likeness (QED) is 0.244. The van der Waals surface area contributed by atoms with Crippen molar-refractivity contribution in [1.29, 1.82) is 0 Å². The van der Waals surface area contributed by atoms with Crippen LogP contribution in [0.2, 0.25) is 5.15 Å². The Kier molecular flexibility index (Phi) is 5.93. The van der Waals surface area contributed by atoms with Gasteiger partial charge in [-0.05, 0) is 18.9 Å². The first-order valence-corrected chi connectivity index (χ1v) is 11.6. The zero-order valence-electron chi connectivity index (χ0n) is 15.8. The van der Waals surface area contributed by atoms with Crippen molar-refractivity contribution in [2.75, 3.05) is 11.7 Å². The van der Waals surface area contributed by atoms with Gasteiger partial charge in [-0.2, -0.15) is 5.10 Å². The standard InChI is InChI=1S/C17H22ClN4O7P/c18-13-5-11(20-9-3-1-2-4-9)10-6-19-22(16(10)21-13)17-15(24)14(23)12(29-17)7-28-8-30(25,26)27/h5-7,9,14-15,17,23-24H,1-4,8H2,(H,20,21)(H2,25,26,27)/t14-,15-,17-/m1/s1. The van der Waals surface area contributed by atoms with Crippen LogP contribution >= 0.6 is 19.2 Å². The number of ether oxygens (including phenoxy) is 2. The highest BCUT2D eigenvalue weighted by molar-refractivity contribution is 7.51. The fourth-order valence-electron chi connectivity index (χ4n) is 3.69. The lowest BCUT2D eigenvalue weighted by Crippen LogP contribution is -2.28. The number of halogens is 1. The van der Waals surface area contributed by atoms with E-state index >= 15 is 0 Å². The molecule has 1 saturated heterocycles. The Morgan fingerprint density at radius 3 is 2.80 bits per heavy atom. The molecule has 0 unspecified atom stereocenters. The summed E-state index contributed by atoms with van der Waals surface area (Å²) in [6, 6.07) is 2.06. The number of fused-ring (bicyclic) bond motifs is 1. The number of aliphatic hydroxyl groups excluding tert-OH is 2. The summed E-state index contributed by atoms with van der Waals surface area (Å²) in [5.41, 5.74) is 1.13. The Labute approximate surface area is 176 Å². The predicted octanol–water partition coefficient (Wildman–Crippen LogP) is 1.68. The van der Waals surface area contributed by atoms with Gasteiger partial charge in [0, 0.05) is 6.04 Å². The van der Waals surface area contributed by atoms with Gasteiger partial charge in [0.05, 0.1) is 17.3 Å². The normalized spacial score (nSPS) is 26.4. The van der Waals surface area contributed by atoms with Crippen molar-refractivity contribution in [3.8, 4) is 0 Å². The highest BCUT2D eigenvalue weighted by atomic mass is 35.5. The number of nitrogens with zero attached hydrogens (tertiary/aromatic N) is 3. The second-order valence-electron chi connectivity index (χ2n) is 7.37. The monoisotopic (exact) mass is 460 g/mol.